The van der Waals surface area contributed by atoms with Gasteiger partial charge >= 0.3 is 11.8 Å². The lowest BCUT2D eigenvalue weighted by Gasteiger charge is -2.28. The van der Waals surface area contributed by atoms with Gasteiger partial charge in [0.15, 0.2) is 0 Å². The van der Waals surface area contributed by atoms with Crippen LogP contribution in [0.1, 0.15) is 30.4 Å². The maximum absolute atomic E-state index is 12.1. The zero-order valence-electron chi connectivity index (χ0n) is 12.2. The number of hydrogen-bond acceptors (Lipinski definition) is 3. The van der Waals surface area contributed by atoms with Crippen molar-refractivity contribution >= 4 is 11.8 Å². The number of nitrogens with zero attached hydrogens (tertiary/aromatic N) is 1. The molecule has 1 heterocycles. The molecule has 21 heavy (non-hydrogen) atoms. The Morgan fingerprint density at radius 1 is 1.14 bits per heavy atom. The smallest absolute Gasteiger partial charge is 0.312 e. The number of fused-ring (bicyclic) bond motifs is 1. The molecule has 0 bridgehead atoms. The summed E-state index contributed by atoms with van der Waals surface area (Å²) in [6.07, 6.45) is 3.16. The number of carbonyl (C=O) groups is 2. The van der Waals surface area contributed by atoms with E-state index in [4.69, 9.17) is 5.11 Å². The lowest BCUT2D eigenvalue weighted by atomic mass is 10.00. The van der Waals surface area contributed by atoms with Crippen LogP contribution in [0.2, 0.25) is 0 Å². The van der Waals surface area contributed by atoms with Crippen molar-refractivity contribution in [1.82, 2.24) is 10.2 Å². The van der Waals surface area contributed by atoms with Crippen molar-refractivity contribution in [3.05, 3.63) is 35.4 Å². The first kappa shape index (κ1) is 15.5. The lowest BCUT2D eigenvalue weighted by Crippen LogP contribution is -2.45. The molecular weight excluding hydrogens is 268 g/mol. The second kappa shape index (κ2) is 7.78. The number of carbonyl (C=O) groups excluding carboxylic acids is 2. The van der Waals surface area contributed by atoms with Gasteiger partial charge in [-0.3, -0.25) is 9.59 Å². The van der Waals surface area contributed by atoms with Crippen molar-refractivity contribution in [2.45, 2.75) is 32.2 Å². The Bertz CT molecular complexity index is 502. The molecule has 5 nitrogen and oxygen atoms in total. The molecule has 0 aromatic heterocycles. The van der Waals surface area contributed by atoms with Crippen LogP contribution in [0.5, 0.6) is 0 Å². The summed E-state index contributed by atoms with van der Waals surface area (Å²) < 4.78 is 0. The molecule has 0 saturated carbocycles. The standard InChI is InChI=1S/C16H22N2O3/c19-11-5-1-4-9-17-15(20)16(21)18-10-8-13-6-2-3-7-14(13)12-18/h2-3,6-7,19H,1,4-5,8-12H2,(H,17,20). The predicted molar refractivity (Wildman–Crippen MR) is 79.5 cm³/mol. The van der Waals surface area contributed by atoms with E-state index in [0.29, 0.717) is 19.6 Å². The zero-order valence-corrected chi connectivity index (χ0v) is 12.2. The van der Waals surface area contributed by atoms with E-state index in [1.807, 2.05) is 18.2 Å². The molecule has 0 radical (unpaired) electrons. The SMILES string of the molecule is O=C(NCCCCCO)C(=O)N1CCc2ccccc2C1. The molecule has 0 spiro atoms. The van der Waals surface area contributed by atoms with Crippen LogP contribution in [0.4, 0.5) is 0 Å². The van der Waals surface area contributed by atoms with Gasteiger partial charge < -0.3 is 15.3 Å². The zero-order chi connectivity index (χ0) is 15.1. The minimum Gasteiger partial charge on any atom is -0.396 e. The fraction of sp³-hybridized carbons (Fsp3) is 0.500. The third-order valence-electron chi connectivity index (χ3n) is 3.73. The Hall–Kier alpha value is -1.88. The average molecular weight is 290 g/mol. The van der Waals surface area contributed by atoms with Gasteiger partial charge in [-0.15, -0.1) is 0 Å². The third-order valence-corrected chi connectivity index (χ3v) is 3.73. The van der Waals surface area contributed by atoms with Crippen LogP contribution in [-0.2, 0) is 22.6 Å². The minimum absolute atomic E-state index is 0.167. The summed E-state index contributed by atoms with van der Waals surface area (Å²) >= 11 is 0. The van der Waals surface area contributed by atoms with Gasteiger partial charge in [0.1, 0.15) is 0 Å². The molecule has 1 aliphatic heterocycles. The van der Waals surface area contributed by atoms with Gasteiger partial charge in [0.05, 0.1) is 0 Å². The Labute approximate surface area is 125 Å². The second-order valence-corrected chi connectivity index (χ2v) is 5.29. The summed E-state index contributed by atoms with van der Waals surface area (Å²) in [6, 6.07) is 8.02. The van der Waals surface area contributed by atoms with Gasteiger partial charge in [-0.05, 0) is 36.8 Å². The number of aliphatic hydroxyl groups excluding tert-OH is 1. The molecule has 1 aromatic rings. The Morgan fingerprint density at radius 2 is 1.90 bits per heavy atom. The van der Waals surface area contributed by atoms with Gasteiger partial charge in [0.2, 0.25) is 0 Å². The van der Waals surface area contributed by atoms with Crippen LogP contribution in [0, 0.1) is 0 Å². The lowest BCUT2D eigenvalue weighted by molar-refractivity contribution is -0.146. The minimum atomic E-state index is -0.529. The first-order valence-corrected chi connectivity index (χ1v) is 7.47. The maximum Gasteiger partial charge on any atom is 0.312 e. The molecule has 1 aromatic carbocycles. The molecule has 0 aliphatic carbocycles. The van der Waals surface area contributed by atoms with Crippen molar-refractivity contribution in [2.24, 2.45) is 0 Å². The van der Waals surface area contributed by atoms with Crippen LogP contribution < -0.4 is 5.32 Å². The highest BCUT2D eigenvalue weighted by atomic mass is 16.3. The van der Waals surface area contributed by atoms with Crippen LogP contribution in [-0.4, -0.2) is 41.5 Å². The van der Waals surface area contributed by atoms with E-state index in [-0.39, 0.29) is 6.61 Å². The third kappa shape index (κ3) is 4.29. The predicted octanol–water partition coefficient (Wildman–Crippen LogP) is 0.850. The monoisotopic (exact) mass is 290 g/mol. The van der Waals surface area contributed by atoms with Gasteiger partial charge in [-0.1, -0.05) is 24.3 Å². The van der Waals surface area contributed by atoms with E-state index in [1.165, 1.54) is 5.56 Å². The van der Waals surface area contributed by atoms with Crippen LogP contribution in [0.3, 0.4) is 0 Å². The van der Waals surface area contributed by atoms with Gasteiger partial charge in [0.25, 0.3) is 0 Å². The molecule has 2 rings (SSSR count). The molecule has 0 unspecified atom stereocenters. The Morgan fingerprint density at radius 3 is 2.67 bits per heavy atom. The fourth-order valence-corrected chi connectivity index (χ4v) is 2.50. The summed E-state index contributed by atoms with van der Waals surface area (Å²) in [5, 5.41) is 11.3. The van der Waals surface area contributed by atoms with Crippen molar-refractivity contribution < 1.29 is 14.7 Å². The summed E-state index contributed by atoms with van der Waals surface area (Å²) in [5.41, 5.74) is 2.37. The first-order valence-electron chi connectivity index (χ1n) is 7.47. The highest BCUT2D eigenvalue weighted by molar-refractivity contribution is 6.35. The topological polar surface area (TPSA) is 69.6 Å². The van der Waals surface area contributed by atoms with E-state index in [0.717, 1.165) is 31.2 Å². The summed E-state index contributed by atoms with van der Waals surface area (Å²) in [4.78, 5) is 25.5. The Balaban J connectivity index is 1.80. The van der Waals surface area contributed by atoms with E-state index in [2.05, 4.69) is 11.4 Å². The maximum atomic E-state index is 12.1. The normalized spacial score (nSPS) is 13.7. The van der Waals surface area contributed by atoms with E-state index < -0.39 is 11.8 Å². The van der Waals surface area contributed by atoms with Crippen molar-refractivity contribution in [3.63, 3.8) is 0 Å². The van der Waals surface area contributed by atoms with Crippen LogP contribution in [0.15, 0.2) is 24.3 Å². The highest BCUT2D eigenvalue weighted by Crippen LogP contribution is 2.18. The molecule has 5 heteroatoms. The first-order chi connectivity index (χ1) is 10.2. The molecule has 0 saturated heterocycles. The number of amides is 2. The van der Waals surface area contributed by atoms with E-state index >= 15 is 0 Å². The summed E-state index contributed by atoms with van der Waals surface area (Å²) in [6.45, 7) is 1.75. The van der Waals surface area contributed by atoms with Gasteiger partial charge in [-0.25, -0.2) is 0 Å². The van der Waals surface area contributed by atoms with Crippen LogP contribution >= 0.6 is 0 Å². The number of unbranched alkanes of at least 4 members (excludes halogenated alkanes) is 2. The quantitative estimate of drug-likeness (QED) is 0.624. The van der Waals surface area contributed by atoms with Crippen LogP contribution in [0.25, 0.3) is 0 Å². The molecule has 0 fully saturated rings. The van der Waals surface area contributed by atoms with Crippen molar-refractivity contribution in [1.29, 1.82) is 0 Å². The van der Waals surface area contributed by atoms with Crippen molar-refractivity contribution in [2.75, 3.05) is 19.7 Å². The molecule has 1 aliphatic rings. The van der Waals surface area contributed by atoms with E-state index in [1.54, 1.807) is 4.90 Å². The highest BCUT2D eigenvalue weighted by Gasteiger charge is 2.25. The van der Waals surface area contributed by atoms with E-state index in [9.17, 15) is 9.59 Å². The largest absolute Gasteiger partial charge is 0.396 e. The number of aliphatic hydroxyl groups is 1. The number of benzene rings is 1. The summed E-state index contributed by atoms with van der Waals surface area (Å²) in [5.74, 6) is -0.981. The fourth-order valence-electron chi connectivity index (χ4n) is 2.50. The molecule has 0 atom stereocenters. The second-order valence-electron chi connectivity index (χ2n) is 5.29. The summed E-state index contributed by atoms with van der Waals surface area (Å²) in [7, 11) is 0. The molecular formula is C16H22N2O3. The molecule has 114 valence electrons. The average Bonchev–Trinajstić information content (AvgIpc) is 2.53. The van der Waals surface area contributed by atoms with Gasteiger partial charge in [-0.2, -0.15) is 0 Å². The van der Waals surface area contributed by atoms with Gasteiger partial charge in [0, 0.05) is 26.2 Å². The van der Waals surface area contributed by atoms with Crippen molar-refractivity contribution in [3.8, 4) is 0 Å². The Kier molecular flexibility index (Phi) is 5.75. The number of rotatable bonds is 5. The number of hydrogen-bond donors (Lipinski definition) is 2. The number of nitrogens with one attached hydrogen (secondary N) is 1. The molecule has 2 N–H and O–H groups in total. The molecule has 2 amide bonds.